The summed E-state index contributed by atoms with van der Waals surface area (Å²) in [7, 11) is 0. The highest BCUT2D eigenvalue weighted by Gasteiger charge is 2.40. The zero-order valence-electron chi connectivity index (χ0n) is 9.91. The molecule has 0 saturated carbocycles. The van der Waals surface area contributed by atoms with Gasteiger partial charge in [-0.2, -0.15) is 0 Å². The van der Waals surface area contributed by atoms with Gasteiger partial charge in [-0.05, 0) is 44.9 Å². The predicted octanol–water partition coefficient (Wildman–Crippen LogP) is 2.90. The molecule has 1 saturated heterocycles. The lowest BCUT2D eigenvalue weighted by molar-refractivity contribution is 0.374. The van der Waals surface area contributed by atoms with Crippen molar-refractivity contribution in [2.45, 2.75) is 25.8 Å². The smallest absolute Gasteiger partial charge is 0.0639 e. The summed E-state index contributed by atoms with van der Waals surface area (Å²) in [5.74, 6) is 0.545. The van der Waals surface area contributed by atoms with Gasteiger partial charge in [0, 0.05) is 12.1 Å². The normalized spacial score (nSPS) is 23.8. The van der Waals surface area contributed by atoms with Crippen LogP contribution >= 0.6 is 11.6 Å². The van der Waals surface area contributed by atoms with Gasteiger partial charge in [0.25, 0.3) is 0 Å². The van der Waals surface area contributed by atoms with Crippen LogP contribution in [0.2, 0.25) is 5.02 Å². The van der Waals surface area contributed by atoms with E-state index in [0.717, 1.165) is 30.2 Å². The molecule has 3 heteroatoms. The van der Waals surface area contributed by atoms with Gasteiger partial charge in [-0.15, -0.1) is 0 Å². The Morgan fingerprint density at radius 3 is 2.69 bits per heavy atom. The second-order valence-electron chi connectivity index (χ2n) is 4.98. The number of hydrogen-bond donors (Lipinski definition) is 1. The summed E-state index contributed by atoms with van der Waals surface area (Å²) >= 11 is 6.25. The summed E-state index contributed by atoms with van der Waals surface area (Å²) in [4.78, 5) is 2.38. The predicted molar refractivity (Wildman–Crippen MR) is 70.0 cm³/mol. The van der Waals surface area contributed by atoms with Gasteiger partial charge < -0.3 is 10.6 Å². The fourth-order valence-electron chi connectivity index (χ4n) is 2.65. The molecule has 0 radical (unpaired) electrons. The molecule has 16 heavy (non-hydrogen) atoms. The van der Waals surface area contributed by atoms with Crippen LogP contribution in [0.25, 0.3) is 0 Å². The lowest BCUT2D eigenvalue weighted by atomic mass is 9.88. The highest BCUT2D eigenvalue weighted by molar-refractivity contribution is 6.33. The average Bonchev–Trinajstić information content (AvgIpc) is 2.54. The number of nitrogens with two attached hydrogens (primary N) is 1. The van der Waals surface area contributed by atoms with Gasteiger partial charge >= 0.3 is 0 Å². The minimum atomic E-state index is 0.0970. The molecule has 0 aliphatic carbocycles. The zero-order valence-corrected chi connectivity index (χ0v) is 10.7. The average molecular weight is 239 g/mol. The van der Waals surface area contributed by atoms with Gasteiger partial charge in [0.15, 0.2) is 0 Å². The van der Waals surface area contributed by atoms with E-state index >= 15 is 0 Å². The van der Waals surface area contributed by atoms with Gasteiger partial charge in [0.05, 0.1) is 10.7 Å². The lowest BCUT2D eigenvalue weighted by Gasteiger charge is -2.37. The zero-order chi connectivity index (χ0) is 11.8. The molecule has 2 rings (SSSR count). The Bertz CT molecular complexity index is 376. The molecule has 1 fully saturated rings. The number of para-hydroxylation sites is 1. The number of nitrogens with zero attached hydrogens (tertiary/aromatic N) is 1. The van der Waals surface area contributed by atoms with E-state index in [0.29, 0.717) is 5.92 Å². The highest BCUT2D eigenvalue weighted by Crippen LogP contribution is 2.40. The van der Waals surface area contributed by atoms with Crippen molar-refractivity contribution in [1.82, 2.24) is 0 Å². The van der Waals surface area contributed by atoms with E-state index in [1.54, 1.807) is 0 Å². The molecule has 0 bridgehead atoms. The lowest BCUT2D eigenvalue weighted by Crippen LogP contribution is -2.44. The van der Waals surface area contributed by atoms with E-state index in [2.05, 4.69) is 24.8 Å². The quantitative estimate of drug-likeness (QED) is 0.859. The largest absolute Gasteiger partial charge is 0.365 e. The summed E-state index contributed by atoms with van der Waals surface area (Å²) < 4.78 is 0. The van der Waals surface area contributed by atoms with E-state index < -0.39 is 0 Å². The third-order valence-corrected chi connectivity index (χ3v) is 4.14. The molecule has 1 unspecified atom stereocenters. The summed E-state index contributed by atoms with van der Waals surface area (Å²) in [6.45, 7) is 6.29. The van der Waals surface area contributed by atoms with E-state index in [-0.39, 0.29) is 5.54 Å². The first-order valence-electron chi connectivity index (χ1n) is 5.79. The topological polar surface area (TPSA) is 29.3 Å². The van der Waals surface area contributed by atoms with E-state index in [9.17, 15) is 0 Å². The number of halogens is 1. The third-order valence-electron chi connectivity index (χ3n) is 3.82. The minimum Gasteiger partial charge on any atom is -0.365 e. The minimum absolute atomic E-state index is 0.0970. The van der Waals surface area contributed by atoms with Crippen molar-refractivity contribution in [3.8, 4) is 0 Å². The Balaban J connectivity index is 2.33. The molecule has 1 aromatic rings. The van der Waals surface area contributed by atoms with Crippen LogP contribution in [0.3, 0.4) is 0 Å². The van der Waals surface area contributed by atoms with Crippen molar-refractivity contribution in [2.75, 3.05) is 18.0 Å². The molecule has 1 atom stereocenters. The SMILES string of the molecule is CC1(C)C(CN)CCN1c1ccccc1Cl. The van der Waals surface area contributed by atoms with Gasteiger partial charge in [-0.1, -0.05) is 23.7 Å². The molecule has 88 valence electrons. The van der Waals surface area contributed by atoms with E-state index in [1.165, 1.54) is 0 Å². The molecular formula is C13H19ClN2. The first-order chi connectivity index (χ1) is 7.57. The third kappa shape index (κ3) is 1.80. The van der Waals surface area contributed by atoms with Crippen molar-refractivity contribution in [3.63, 3.8) is 0 Å². The maximum Gasteiger partial charge on any atom is 0.0639 e. The Kier molecular flexibility index (Phi) is 3.13. The van der Waals surface area contributed by atoms with Crippen molar-refractivity contribution in [1.29, 1.82) is 0 Å². The standard InChI is InChI=1S/C13H19ClN2/c1-13(2)10(9-15)7-8-16(13)12-6-4-3-5-11(12)14/h3-6,10H,7-9,15H2,1-2H3. The number of benzene rings is 1. The first kappa shape index (κ1) is 11.7. The maximum absolute atomic E-state index is 6.25. The molecule has 0 aromatic heterocycles. The van der Waals surface area contributed by atoms with Crippen molar-refractivity contribution in [2.24, 2.45) is 11.7 Å². The van der Waals surface area contributed by atoms with Gasteiger partial charge in [-0.3, -0.25) is 0 Å². The number of hydrogen-bond acceptors (Lipinski definition) is 2. The Morgan fingerprint density at radius 1 is 1.44 bits per heavy atom. The summed E-state index contributed by atoms with van der Waals surface area (Å²) in [6, 6.07) is 8.04. The molecule has 2 N–H and O–H groups in total. The second-order valence-corrected chi connectivity index (χ2v) is 5.39. The van der Waals surface area contributed by atoms with Gasteiger partial charge in [-0.25, -0.2) is 0 Å². The van der Waals surface area contributed by atoms with Crippen LogP contribution < -0.4 is 10.6 Å². The van der Waals surface area contributed by atoms with Crippen LogP contribution in [0.1, 0.15) is 20.3 Å². The molecular weight excluding hydrogens is 220 g/mol. The molecule has 0 amide bonds. The fraction of sp³-hybridized carbons (Fsp3) is 0.538. The molecule has 1 aromatic carbocycles. The van der Waals surface area contributed by atoms with E-state index in [4.69, 9.17) is 17.3 Å². The summed E-state index contributed by atoms with van der Waals surface area (Å²) in [5.41, 5.74) is 7.05. The second kappa shape index (κ2) is 4.27. The van der Waals surface area contributed by atoms with Crippen molar-refractivity contribution >= 4 is 17.3 Å². The molecule has 1 aliphatic heterocycles. The summed E-state index contributed by atoms with van der Waals surface area (Å²) in [5, 5.41) is 0.827. The fourth-order valence-corrected chi connectivity index (χ4v) is 2.89. The Labute approximate surface area is 102 Å². The number of rotatable bonds is 2. The van der Waals surface area contributed by atoms with Crippen LogP contribution in [0.15, 0.2) is 24.3 Å². The van der Waals surface area contributed by atoms with Gasteiger partial charge in [0.2, 0.25) is 0 Å². The van der Waals surface area contributed by atoms with Crippen LogP contribution in [0, 0.1) is 5.92 Å². The van der Waals surface area contributed by atoms with Crippen LogP contribution in [0.4, 0.5) is 5.69 Å². The highest BCUT2D eigenvalue weighted by atomic mass is 35.5. The number of anilines is 1. The Morgan fingerprint density at radius 2 is 2.12 bits per heavy atom. The van der Waals surface area contributed by atoms with Crippen LogP contribution in [-0.4, -0.2) is 18.6 Å². The van der Waals surface area contributed by atoms with Crippen molar-refractivity contribution in [3.05, 3.63) is 29.3 Å². The van der Waals surface area contributed by atoms with Crippen molar-refractivity contribution < 1.29 is 0 Å². The molecule has 1 heterocycles. The monoisotopic (exact) mass is 238 g/mol. The van der Waals surface area contributed by atoms with Crippen LogP contribution in [0.5, 0.6) is 0 Å². The first-order valence-corrected chi connectivity index (χ1v) is 6.17. The molecule has 2 nitrogen and oxygen atoms in total. The van der Waals surface area contributed by atoms with E-state index in [1.807, 2.05) is 18.2 Å². The summed E-state index contributed by atoms with van der Waals surface area (Å²) in [6.07, 6.45) is 1.15. The maximum atomic E-state index is 6.25. The molecule has 1 aliphatic rings. The van der Waals surface area contributed by atoms with Gasteiger partial charge in [0.1, 0.15) is 0 Å². The molecule has 0 spiro atoms. The Hall–Kier alpha value is -0.730. The van der Waals surface area contributed by atoms with Crippen LogP contribution in [-0.2, 0) is 0 Å².